The third-order valence-electron chi connectivity index (χ3n) is 3.72. The molecular weight excluding hydrogens is 283 g/mol. The molecule has 1 fully saturated rings. The summed E-state index contributed by atoms with van der Waals surface area (Å²) >= 11 is 0. The quantitative estimate of drug-likeness (QED) is 0.841. The Labute approximate surface area is 131 Å². The van der Waals surface area contributed by atoms with E-state index < -0.39 is 5.60 Å². The predicted molar refractivity (Wildman–Crippen MR) is 84.2 cm³/mol. The molecule has 0 N–H and O–H groups in total. The van der Waals surface area contributed by atoms with E-state index in [1.54, 1.807) is 11.0 Å². The minimum absolute atomic E-state index is 0.198. The van der Waals surface area contributed by atoms with Gasteiger partial charge in [-0.05, 0) is 51.0 Å². The average molecular weight is 308 g/mol. The third-order valence-corrected chi connectivity index (χ3v) is 3.72. The number of halogens is 1. The Kier molecular flexibility index (Phi) is 5.06. The highest BCUT2D eigenvalue weighted by Crippen LogP contribution is 2.16. The zero-order chi connectivity index (χ0) is 16.3. The van der Waals surface area contributed by atoms with Crippen LogP contribution in [0, 0.1) is 12.7 Å². The van der Waals surface area contributed by atoms with Crippen molar-refractivity contribution in [1.29, 1.82) is 0 Å². The summed E-state index contributed by atoms with van der Waals surface area (Å²) in [5, 5.41) is 0. The number of hydrogen-bond donors (Lipinski definition) is 0. The molecule has 0 saturated carbocycles. The van der Waals surface area contributed by atoms with Crippen LogP contribution in [0.25, 0.3) is 0 Å². The summed E-state index contributed by atoms with van der Waals surface area (Å²) in [5.74, 6) is -0.198. The maximum absolute atomic E-state index is 13.1. The van der Waals surface area contributed by atoms with E-state index in [1.807, 2.05) is 33.8 Å². The Morgan fingerprint density at radius 2 is 1.86 bits per heavy atom. The highest BCUT2D eigenvalue weighted by Gasteiger charge is 2.25. The van der Waals surface area contributed by atoms with E-state index in [4.69, 9.17) is 4.74 Å². The molecule has 0 unspecified atom stereocenters. The van der Waals surface area contributed by atoms with Crippen LogP contribution in [0.5, 0.6) is 0 Å². The van der Waals surface area contributed by atoms with Crippen molar-refractivity contribution in [3.05, 3.63) is 35.1 Å². The monoisotopic (exact) mass is 308 g/mol. The number of nitrogens with zero attached hydrogens (tertiary/aromatic N) is 2. The van der Waals surface area contributed by atoms with Gasteiger partial charge in [-0.2, -0.15) is 0 Å². The van der Waals surface area contributed by atoms with Crippen molar-refractivity contribution in [2.75, 3.05) is 26.2 Å². The number of hydrogen-bond acceptors (Lipinski definition) is 3. The Morgan fingerprint density at radius 3 is 2.41 bits per heavy atom. The standard InChI is InChI=1S/C17H25FN2O2/c1-13-11-15(18)6-5-14(13)12-19-7-9-20(10-8-19)16(21)22-17(2,3)4/h5-6,11H,7-10,12H2,1-4H3. The van der Waals surface area contributed by atoms with E-state index in [1.165, 1.54) is 6.07 Å². The molecule has 0 aliphatic carbocycles. The molecular formula is C17H25FN2O2. The summed E-state index contributed by atoms with van der Waals surface area (Å²) in [6.07, 6.45) is -0.245. The number of benzene rings is 1. The maximum atomic E-state index is 13.1. The van der Waals surface area contributed by atoms with E-state index in [0.717, 1.165) is 30.8 Å². The molecule has 0 bridgehead atoms. The highest BCUT2D eigenvalue weighted by molar-refractivity contribution is 5.68. The van der Waals surface area contributed by atoms with Gasteiger partial charge in [0.2, 0.25) is 0 Å². The van der Waals surface area contributed by atoms with E-state index in [0.29, 0.717) is 13.1 Å². The fraction of sp³-hybridized carbons (Fsp3) is 0.588. The van der Waals surface area contributed by atoms with Gasteiger partial charge < -0.3 is 9.64 Å². The minimum Gasteiger partial charge on any atom is -0.444 e. The van der Waals surface area contributed by atoms with Gasteiger partial charge in [-0.15, -0.1) is 0 Å². The number of rotatable bonds is 2. The second-order valence-corrected chi connectivity index (χ2v) is 6.81. The lowest BCUT2D eigenvalue weighted by Gasteiger charge is -2.35. The van der Waals surface area contributed by atoms with Crippen LogP contribution >= 0.6 is 0 Å². The van der Waals surface area contributed by atoms with Gasteiger partial charge in [0, 0.05) is 32.7 Å². The normalized spacial score (nSPS) is 16.7. The van der Waals surface area contributed by atoms with Crippen LogP contribution in [-0.4, -0.2) is 47.7 Å². The van der Waals surface area contributed by atoms with Gasteiger partial charge in [0.15, 0.2) is 0 Å². The SMILES string of the molecule is Cc1cc(F)ccc1CN1CCN(C(=O)OC(C)(C)C)CC1. The van der Waals surface area contributed by atoms with Crippen molar-refractivity contribution in [3.8, 4) is 0 Å². The number of piperazine rings is 1. The summed E-state index contributed by atoms with van der Waals surface area (Å²) in [5.41, 5.74) is 1.64. The molecule has 1 aromatic carbocycles. The van der Waals surface area contributed by atoms with Crippen LogP contribution in [0.2, 0.25) is 0 Å². The Hall–Kier alpha value is -1.62. The molecule has 1 aromatic rings. The molecule has 0 atom stereocenters. The summed E-state index contributed by atoms with van der Waals surface area (Å²) in [7, 11) is 0. The minimum atomic E-state index is -0.459. The van der Waals surface area contributed by atoms with Gasteiger partial charge >= 0.3 is 6.09 Å². The number of amides is 1. The second-order valence-electron chi connectivity index (χ2n) is 6.81. The van der Waals surface area contributed by atoms with Gasteiger partial charge in [-0.25, -0.2) is 9.18 Å². The Balaban J connectivity index is 1.86. The van der Waals surface area contributed by atoms with E-state index in [2.05, 4.69) is 4.90 Å². The van der Waals surface area contributed by atoms with Crippen LogP contribution in [0.15, 0.2) is 18.2 Å². The Bertz CT molecular complexity index is 532. The van der Waals surface area contributed by atoms with Crippen LogP contribution in [0.3, 0.4) is 0 Å². The van der Waals surface area contributed by atoms with Crippen molar-refractivity contribution < 1.29 is 13.9 Å². The topological polar surface area (TPSA) is 32.8 Å². The van der Waals surface area contributed by atoms with Crippen LogP contribution in [0.4, 0.5) is 9.18 Å². The predicted octanol–water partition coefficient (Wildman–Crippen LogP) is 3.19. The lowest BCUT2D eigenvalue weighted by molar-refractivity contribution is 0.0139. The van der Waals surface area contributed by atoms with Gasteiger partial charge in [-0.1, -0.05) is 6.07 Å². The first-order valence-corrected chi connectivity index (χ1v) is 7.70. The molecule has 1 aliphatic rings. The smallest absolute Gasteiger partial charge is 0.410 e. The number of carbonyl (C=O) groups excluding carboxylic acids is 1. The largest absolute Gasteiger partial charge is 0.444 e. The molecule has 1 heterocycles. The Morgan fingerprint density at radius 1 is 1.23 bits per heavy atom. The number of carbonyl (C=O) groups is 1. The third kappa shape index (κ3) is 4.70. The van der Waals surface area contributed by atoms with Gasteiger partial charge in [0.05, 0.1) is 0 Å². The maximum Gasteiger partial charge on any atom is 0.410 e. The van der Waals surface area contributed by atoms with E-state index >= 15 is 0 Å². The lowest BCUT2D eigenvalue weighted by Crippen LogP contribution is -2.49. The zero-order valence-corrected chi connectivity index (χ0v) is 13.9. The molecule has 5 heteroatoms. The van der Waals surface area contributed by atoms with Gasteiger partial charge in [0.1, 0.15) is 11.4 Å². The summed E-state index contributed by atoms with van der Waals surface area (Å²) in [4.78, 5) is 16.0. The number of aryl methyl sites for hydroxylation is 1. The van der Waals surface area contributed by atoms with Crippen molar-refractivity contribution >= 4 is 6.09 Å². The summed E-state index contributed by atoms with van der Waals surface area (Å²) in [6.45, 7) is 11.3. The van der Waals surface area contributed by atoms with Crippen molar-refractivity contribution in [3.63, 3.8) is 0 Å². The first-order valence-electron chi connectivity index (χ1n) is 7.70. The molecule has 1 amide bonds. The van der Waals surface area contributed by atoms with Crippen LogP contribution < -0.4 is 0 Å². The van der Waals surface area contributed by atoms with Gasteiger partial charge in [-0.3, -0.25) is 4.90 Å². The molecule has 4 nitrogen and oxygen atoms in total. The van der Waals surface area contributed by atoms with Gasteiger partial charge in [0.25, 0.3) is 0 Å². The van der Waals surface area contributed by atoms with E-state index in [-0.39, 0.29) is 11.9 Å². The van der Waals surface area contributed by atoms with Crippen molar-refractivity contribution in [2.45, 2.75) is 39.8 Å². The average Bonchev–Trinajstić information content (AvgIpc) is 2.41. The highest BCUT2D eigenvalue weighted by atomic mass is 19.1. The molecule has 122 valence electrons. The van der Waals surface area contributed by atoms with Crippen molar-refractivity contribution in [2.24, 2.45) is 0 Å². The number of ether oxygens (including phenoxy) is 1. The molecule has 0 radical (unpaired) electrons. The first kappa shape index (κ1) is 16.7. The molecule has 1 aliphatic heterocycles. The summed E-state index contributed by atoms with van der Waals surface area (Å²) in [6, 6.07) is 4.90. The zero-order valence-electron chi connectivity index (χ0n) is 13.9. The second kappa shape index (κ2) is 6.65. The van der Waals surface area contributed by atoms with E-state index in [9.17, 15) is 9.18 Å². The van der Waals surface area contributed by atoms with Crippen LogP contribution in [-0.2, 0) is 11.3 Å². The molecule has 2 rings (SSSR count). The fourth-order valence-electron chi connectivity index (χ4n) is 2.49. The first-order chi connectivity index (χ1) is 10.2. The summed E-state index contributed by atoms with van der Waals surface area (Å²) < 4.78 is 18.5. The molecule has 1 saturated heterocycles. The fourth-order valence-corrected chi connectivity index (χ4v) is 2.49. The van der Waals surface area contributed by atoms with Crippen LogP contribution in [0.1, 0.15) is 31.9 Å². The lowest BCUT2D eigenvalue weighted by atomic mass is 10.1. The molecule has 0 spiro atoms. The molecule has 0 aromatic heterocycles. The molecule has 22 heavy (non-hydrogen) atoms. The van der Waals surface area contributed by atoms with Crippen molar-refractivity contribution in [1.82, 2.24) is 9.80 Å².